The highest BCUT2D eigenvalue weighted by Crippen LogP contribution is 2.23. The van der Waals surface area contributed by atoms with E-state index in [1.54, 1.807) is 24.3 Å². The molecular formula is C24H25N5O3. The fourth-order valence-corrected chi connectivity index (χ4v) is 3.62. The number of benzene rings is 2. The maximum absolute atomic E-state index is 12.4. The van der Waals surface area contributed by atoms with Crippen molar-refractivity contribution in [2.45, 2.75) is 26.2 Å². The van der Waals surface area contributed by atoms with Crippen molar-refractivity contribution in [3.63, 3.8) is 0 Å². The smallest absolute Gasteiger partial charge is 0.261 e. The number of fused-ring (bicyclic) bond motifs is 1. The molecular weight excluding hydrogens is 406 g/mol. The largest absolute Gasteiger partial charge is 0.494 e. The van der Waals surface area contributed by atoms with E-state index in [0.717, 1.165) is 36.4 Å². The van der Waals surface area contributed by atoms with E-state index in [9.17, 15) is 9.59 Å². The third-order valence-electron chi connectivity index (χ3n) is 5.17. The van der Waals surface area contributed by atoms with Crippen LogP contribution in [0.15, 0.2) is 54.6 Å². The molecule has 4 rings (SSSR count). The van der Waals surface area contributed by atoms with Crippen LogP contribution in [0.4, 0.5) is 17.5 Å². The Morgan fingerprint density at radius 2 is 1.62 bits per heavy atom. The molecule has 1 aromatic heterocycles. The predicted octanol–water partition coefficient (Wildman–Crippen LogP) is 3.96. The van der Waals surface area contributed by atoms with E-state index in [0.29, 0.717) is 30.1 Å². The lowest BCUT2D eigenvalue weighted by molar-refractivity contribution is 0.0651. The van der Waals surface area contributed by atoms with E-state index < -0.39 is 0 Å². The quantitative estimate of drug-likeness (QED) is 0.390. The number of anilines is 3. The molecule has 1 aliphatic heterocycles. The molecule has 0 spiro atoms. The molecule has 1 aliphatic rings. The summed E-state index contributed by atoms with van der Waals surface area (Å²) in [5, 5.41) is 3.19. The molecule has 2 aromatic carbocycles. The molecule has 8 heteroatoms. The maximum atomic E-state index is 12.4. The van der Waals surface area contributed by atoms with Gasteiger partial charge in [0.05, 0.1) is 17.7 Å². The van der Waals surface area contributed by atoms with Crippen LogP contribution in [-0.4, -0.2) is 39.8 Å². The highest BCUT2D eigenvalue weighted by molar-refractivity contribution is 6.21. The van der Waals surface area contributed by atoms with Crippen LogP contribution in [0.2, 0.25) is 0 Å². The van der Waals surface area contributed by atoms with Crippen LogP contribution in [0.5, 0.6) is 5.75 Å². The van der Waals surface area contributed by atoms with Gasteiger partial charge in [-0.2, -0.15) is 4.98 Å². The summed E-state index contributed by atoms with van der Waals surface area (Å²) >= 11 is 0. The van der Waals surface area contributed by atoms with Gasteiger partial charge in [-0.05, 0) is 62.6 Å². The molecule has 164 valence electrons. The monoisotopic (exact) mass is 431 g/mol. The van der Waals surface area contributed by atoms with Crippen LogP contribution in [-0.2, 0) is 0 Å². The summed E-state index contributed by atoms with van der Waals surface area (Å²) in [7, 11) is 0. The van der Waals surface area contributed by atoms with Gasteiger partial charge in [0.2, 0.25) is 5.95 Å². The number of carbonyl (C=O) groups is 2. The molecule has 0 unspecified atom stereocenters. The van der Waals surface area contributed by atoms with Crippen molar-refractivity contribution in [3.05, 3.63) is 71.4 Å². The molecule has 0 atom stereocenters. The van der Waals surface area contributed by atoms with Gasteiger partial charge in [0, 0.05) is 24.0 Å². The summed E-state index contributed by atoms with van der Waals surface area (Å²) in [6.07, 6.45) is 2.45. The molecule has 0 saturated carbocycles. The summed E-state index contributed by atoms with van der Waals surface area (Å²) in [5.41, 5.74) is 8.34. The number of nitrogens with two attached hydrogens (primary N) is 1. The molecule has 8 nitrogen and oxygen atoms in total. The second kappa shape index (κ2) is 9.47. The molecule has 0 saturated heterocycles. The average molecular weight is 431 g/mol. The number of hydrogen-bond acceptors (Lipinski definition) is 7. The molecule has 32 heavy (non-hydrogen) atoms. The first-order chi connectivity index (χ1) is 15.5. The minimum atomic E-state index is -0.199. The number of aryl methyl sites for hydroxylation is 1. The van der Waals surface area contributed by atoms with Crippen LogP contribution in [0.25, 0.3) is 0 Å². The Balaban J connectivity index is 1.17. The zero-order valence-corrected chi connectivity index (χ0v) is 17.9. The Kier molecular flexibility index (Phi) is 6.30. The van der Waals surface area contributed by atoms with Crippen LogP contribution in [0, 0.1) is 6.92 Å². The summed E-state index contributed by atoms with van der Waals surface area (Å²) in [4.78, 5) is 34.3. The van der Waals surface area contributed by atoms with Crippen molar-refractivity contribution < 1.29 is 14.3 Å². The molecule has 2 heterocycles. The third kappa shape index (κ3) is 4.85. The Hall–Kier alpha value is -3.94. The van der Waals surface area contributed by atoms with Gasteiger partial charge in [-0.25, -0.2) is 4.98 Å². The van der Waals surface area contributed by atoms with E-state index in [4.69, 9.17) is 10.5 Å². The lowest BCUT2D eigenvalue weighted by Gasteiger charge is -2.13. The normalized spacial score (nSPS) is 12.7. The van der Waals surface area contributed by atoms with E-state index >= 15 is 0 Å². The number of hydrogen-bond donors (Lipinski definition) is 2. The number of nitrogens with one attached hydrogen (secondary N) is 1. The zero-order valence-electron chi connectivity index (χ0n) is 17.9. The lowest BCUT2D eigenvalue weighted by atomic mass is 10.1. The van der Waals surface area contributed by atoms with Crippen LogP contribution >= 0.6 is 0 Å². The highest BCUT2D eigenvalue weighted by atomic mass is 16.5. The SMILES string of the molecule is Cc1cc(Nc2ccc(OCCCCCN3C(=O)c4ccccc4C3=O)cc2)nc(N)n1. The summed E-state index contributed by atoms with van der Waals surface area (Å²) in [6.45, 7) is 2.86. The molecule has 0 aliphatic carbocycles. The number of aromatic nitrogens is 2. The average Bonchev–Trinajstić information content (AvgIpc) is 3.01. The van der Waals surface area contributed by atoms with Gasteiger partial charge in [-0.1, -0.05) is 12.1 Å². The fourth-order valence-electron chi connectivity index (χ4n) is 3.62. The molecule has 0 bridgehead atoms. The third-order valence-corrected chi connectivity index (χ3v) is 5.17. The number of nitrogens with zero attached hydrogens (tertiary/aromatic N) is 3. The van der Waals surface area contributed by atoms with Crippen molar-refractivity contribution in [3.8, 4) is 5.75 Å². The summed E-state index contributed by atoms with van der Waals surface area (Å²) < 4.78 is 5.79. The summed E-state index contributed by atoms with van der Waals surface area (Å²) in [5.74, 6) is 1.25. The van der Waals surface area contributed by atoms with Crippen LogP contribution < -0.4 is 15.8 Å². The van der Waals surface area contributed by atoms with Gasteiger partial charge >= 0.3 is 0 Å². The van der Waals surface area contributed by atoms with Crippen molar-refractivity contribution in [1.29, 1.82) is 0 Å². The van der Waals surface area contributed by atoms with Crippen molar-refractivity contribution in [1.82, 2.24) is 14.9 Å². The molecule has 3 aromatic rings. The van der Waals surface area contributed by atoms with Gasteiger partial charge < -0.3 is 15.8 Å². The highest BCUT2D eigenvalue weighted by Gasteiger charge is 2.34. The van der Waals surface area contributed by atoms with Gasteiger partial charge in [-0.3, -0.25) is 14.5 Å². The van der Waals surface area contributed by atoms with Gasteiger partial charge in [0.25, 0.3) is 11.8 Å². The Morgan fingerprint density at radius 3 is 2.28 bits per heavy atom. The second-order valence-corrected chi connectivity index (χ2v) is 7.62. The predicted molar refractivity (Wildman–Crippen MR) is 122 cm³/mol. The Morgan fingerprint density at radius 1 is 0.938 bits per heavy atom. The van der Waals surface area contributed by atoms with Crippen LogP contribution in [0.1, 0.15) is 45.7 Å². The number of carbonyl (C=O) groups excluding carboxylic acids is 2. The molecule has 0 fully saturated rings. The number of unbranched alkanes of at least 4 members (excludes halogenated alkanes) is 2. The minimum Gasteiger partial charge on any atom is -0.494 e. The first-order valence-electron chi connectivity index (χ1n) is 10.6. The van der Waals surface area contributed by atoms with E-state index in [2.05, 4.69) is 15.3 Å². The van der Waals surface area contributed by atoms with E-state index in [-0.39, 0.29) is 17.8 Å². The summed E-state index contributed by atoms with van der Waals surface area (Å²) in [6, 6.07) is 16.4. The minimum absolute atomic E-state index is 0.199. The second-order valence-electron chi connectivity index (χ2n) is 7.62. The van der Waals surface area contributed by atoms with Crippen molar-refractivity contribution in [2.75, 3.05) is 24.2 Å². The van der Waals surface area contributed by atoms with Gasteiger partial charge in [0.1, 0.15) is 11.6 Å². The first kappa shape index (κ1) is 21.3. The molecule has 2 amide bonds. The van der Waals surface area contributed by atoms with E-state index in [1.807, 2.05) is 37.3 Å². The fraction of sp³-hybridized carbons (Fsp3) is 0.250. The zero-order chi connectivity index (χ0) is 22.5. The van der Waals surface area contributed by atoms with Crippen LogP contribution in [0.3, 0.4) is 0 Å². The Bertz CT molecular complexity index is 1080. The maximum Gasteiger partial charge on any atom is 0.261 e. The van der Waals surface area contributed by atoms with Gasteiger partial charge in [0.15, 0.2) is 0 Å². The van der Waals surface area contributed by atoms with Crippen molar-refractivity contribution >= 4 is 29.3 Å². The number of nitrogen functional groups attached to an aromatic ring is 1. The standard InChI is InChI=1S/C24H25N5O3/c1-16-15-21(28-24(25)26-16)27-17-9-11-18(12-10-17)32-14-6-2-5-13-29-22(30)19-7-3-4-8-20(19)23(29)31/h3-4,7-12,15H,2,5-6,13-14H2,1H3,(H3,25,26,27,28). The first-order valence-corrected chi connectivity index (χ1v) is 10.6. The van der Waals surface area contributed by atoms with Gasteiger partial charge in [-0.15, -0.1) is 0 Å². The number of ether oxygens (including phenoxy) is 1. The van der Waals surface area contributed by atoms with E-state index in [1.165, 1.54) is 4.90 Å². The number of imide groups is 1. The number of amides is 2. The number of rotatable bonds is 9. The van der Waals surface area contributed by atoms with Crippen molar-refractivity contribution in [2.24, 2.45) is 0 Å². The topological polar surface area (TPSA) is 110 Å². The Labute approximate surface area is 186 Å². The molecule has 3 N–H and O–H groups in total. The lowest BCUT2D eigenvalue weighted by Crippen LogP contribution is -2.30. The molecule has 0 radical (unpaired) electrons.